The lowest BCUT2D eigenvalue weighted by Gasteiger charge is -2.14. The van der Waals surface area contributed by atoms with E-state index in [9.17, 15) is 34.8 Å². The Morgan fingerprint density at radius 2 is 1.40 bits per heavy atom. The summed E-state index contributed by atoms with van der Waals surface area (Å²) in [7, 11) is -4.52. The molecule has 0 unspecified atom stereocenters. The first-order valence-electron chi connectivity index (χ1n) is 6.43. The molecule has 11 heteroatoms. The fraction of sp³-hybridized carbons (Fsp3) is 0.143. The van der Waals surface area contributed by atoms with E-state index in [1.165, 1.54) is 6.07 Å². The summed E-state index contributed by atoms with van der Waals surface area (Å²) in [6.07, 6.45) is -9.72. The molecule has 2 aromatic rings. The van der Waals surface area contributed by atoms with Gasteiger partial charge in [-0.25, -0.2) is 8.42 Å². The van der Waals surface area contributed by atoms with Crippen LogP contribution in [0.4, 0.5) is 32.0 Å². The van der Waals surface area contributed by atoms with E-state index < -0.39 is 38.8 Å². The first kappa shape index (κ1) is 18.9. The van der Waals surface area contributed by atoms with E-state index in [0.29, 0.717) is 12.1 Å². The fourth-order valence-electron chi connectivity index (χ4n) is 1.82. The van der Waals surface area contributed by atoms with E-state index >= 15 is 0 Å². The molecule has 0 atom stereocenters. The van der Waals surface area contributed by atoms with Gasteiger partial charge in [0.05, 0.1) is 5.56 Å². The van der Waals surface area contributed by atoms with Gasteiger partial charge >= 0.3 is 12.5 Å². The molecule has 25 heavy (non-hydrogen) atoms. The second-order valence-electron chi connectivity index (χ2n) is 4.68. The first-order valence-corrected chi connectivity index (χ1v) is 7.92. The number of sulfonamides is 1. The molecule has 0 saturated carbocycles. The van der Waals surface area contributed by atoms with E-state index in [0.717, 1.165) is 30.3 Å². The van der Waals surface area contributed by atoms with Gasteiger partial charge in [0.1, 0.15) is 10.6 Å². The Morgan fingerprint density at radius 3 is 1.92 bits per heavy atom. The minimum absolute atomic E-state index is 0.255. The van der Waals surface area contributed by atoms with Gasteiger partial charge in [0.25, 0.3) is 10.0 Å². The summed E-state index contributed by atoms with van der Waals surface area (Å²) in [4.78, 5) is -0.813. The Bertz CT molecular complexity index is 844. The lowest BCUT2D eigenvalue weighted by atomic mass is 10.2. The standard InChI is InChI=1S/C14H9F6NO3S/c15-13(16,17)9-5-7-10(8-6-9)21-25(22,23)12-4-2-1-3-11(12)24-14(18,19)20/h1-8,21H. The van der Waals surface area contributed by atoms with Crippen molar-refractivity contribution in [1.29, 1.82) is 0 Å². The van der Waals surface area contributed by atoms with Crippen LogP contribution in [0.3, 0.4) is 0 Å². The molecule has 0 aliphatic carbocycles. The monoisotopic (exact) mass is 385 g/mol. The molecule has 0 saturated heterocycles. The van der Waals surface area contributed by atoms with Crippen LogP contribution in [0.25, 0.3) is 0 Å². The fourth-order valence-corrected chi connectivity index (χ4v) is 3.01. The zero-order valence-corrected chi connectivity index (χ0v) is 12.8. The molecule has 0 fully saturated rings. The maximum Gasteiger partial charge on any atom is 0.573 e. The lowest BCUT2D eigenvalue weighted by Crippen LogP contribution is -2.20. The van der Waals surface area contributed by atoms with Crippen molar-refractivity contribution in [1.82, 2.24) is 0 Å². The number of anilines is 1. The molecule has 4 nitrogen and oxygen atoms in total. The van der Waals surface area contributed by atoms with Crippen LogP contribution in [0, 0.1) is 0 Å². The van der Waals surface area contributed by atoms with Crippen LogP contribution in [0.5, 0.6) is 5.75 Å². The Kier molecular flexibility index (Phi) is 4.89. The molecular formula is C14H9F6NO3S. The van der Waals surface area contributed by atoms with Crippen LogP contribution < -0.4 is 9.46 Å². The Morgan fingerprint density at radius 1 is 0.840 bits per heavy atom. The molecule has 0 spiro atoms. The first-order chi connectivity index (χ1) is 11.4. The number of hydrogen-bond donors (Lipinski definition) is 1. The summed E-state index contributed by atoms with van der Waals surface area (Å²) < 4.78 is 104. The van der Waals surface area contributed by atoms with Gasteiger partial charge < -0.3 is 4.74 Å². The van der Waals surface area contributed by atoms with Crippen LogP contribution in [-0.4, -0.2) is 14.8 Å². The van der Waals surface area contributed by atoms with Crippen LogP contribution in [-0.2, 0) is 16.2 Å². The molecule has 0 amide bonds. The van der Waals surface area contributed by atoms with Gasteiger partial charge in [-0.3, -0.25) is 4.72 Å². The van der Waals surface area contributed by atoms with Gasteiger partial charge in [-0.2, -0.15) is 13.2 Å². The molecular weight excluding hydrogens is 376 g/mol. The molecule has 0 bridgehead atoms. The summed E-state index contributed by atoms with van der Waals surface area (Å²) >= 11 is 0. The highest BCUT2D eigenvalue weighted by molar-refractivity contribution is 7.92. The van der Waals surface area contributed by atoms with Crippen molar-refractivity contribution < 1.29 is 39.5 Å². The van der Waals surface area contributed by atoms with Crippen molar-refractivity contribution in [3.05, 3.63) is 54.1 Å². The second kappa shape index (κ2) is 6.47. The van der Waals surface area contributed by atoms with Crippen molar-refractivity contribution in [2.24, 2.45) is 0 Å². The molecule has 0 aliphatic heterocycles. The number of ether oxygens (including phenoxy) is 1. The second-order valence-corrected chi connectivity index (χ2v) is 6.33. The highest BCUT2D eigenvalue weighted by Gasteiger charge is 2.34. The summed E-state index contributed by atoms with van der Waals surface area (Å²) in [5.41, 5.74) is -1.26. The van der Waals surface area contributed by atoms with Gasteiger partial charge in [0.15, 0.2) is 0 Å². The topological polar surface area (TPSA) is 55.4 Å². The number of halogens is 6. The highest BCUT2D eigenvalue weighted by atomic mass is 32.2. The number of para-hydroxylation sites is 1. The largest absolute Gasteiger partial charge is 0.573 e. The molecule has 1 N–H and O–H groups in total. The summed E-state index contributed by atoms with van der Waals surface area (Å²) in [5, 5.41) is 0. The Hall–Kier alpha value is -2.43. The van der Waals surface area contributed by atoms with Gasteiger partial charge in [0, 0.05) is 5.69 Å². The number of rotatable bonds is 4. The van der Waals surface area contributed by atoms with Gasteiger partial charge in [-0.05, 0) is 36.4 Å². The maximum absolute atomic E-state index is 12.5. The molecule has 2 aromatic carbocycles. The third-order valence-electron chi connectivity index (χ3n) is 2.83. The SMILES string of the molecule is O=S(=O)(Nc1ccc(C(F)(F)F)cc1)c1ccccc1OC(F)(F)F. The maximum atomic E-state index is 12.5. The zero-order valence-electron chi connectivity index (χ0n) is 12.0. The van der Waals surface area contributed by atoms with Gasteiger partial charge in [-0.1, -0.05) is 12.1 Å². The quantitative estimate of drug-likeness (QED) is 0.794. The summed E-state index contributed by atoms with van der Waals surface area (Å²) in [6.45, 7) is 0. The summed E-state index contributed by atoms with van der Waals surface area (Å²) in [6, 6.07) is 6.93. The van der Waals surface area contributed by atoms with Crippen molar-refractivity contribution >= 4 is 15.7 Å². The molecule has 0 heterocycles. The molecule has 0 aliphatic rings. The lowest BCUT2D eigenvalue weighted by molar-refractivity contribution is -0.275. The average molecular weight is 385 g/mol. The molecule has 0 aromatic heterocycles. The van der Waals surface area contributed by atoms with Crippen LogP contribution in [0.2, 0.25) is 0 Å². The number of alkyl halides is 6. The predicted octanol–water partition coefficient (Wildman–Crippen LogP) is 4.40. The third kappa shape index (κ3) is 5.02. The number of hydrogen-bond acceptors (Lipinski definition) is 3. The van der Waals surface area contributed by atoms with E-state index in [1.807, 2.05) is 4.72 Å². The molecule has 2 rings (SSSR count). The molecule has 0 radical (unpaired) electrons. The highest BCUT2D eigenvalue weighted by Crippen LogP contribution is 2.32. The third-order valence-corrected chi connectivity index (χ3v) is 4.25. The van der Waals surface area contributed by atoms with Crippen LogP contribution in [0.1, 0.15) is 5.56 Å². The van der Waals surface area contributed by atoms with E-state index in [4.69, 9.17) is 0 Å². The normalized spacial score (nSPS) is 12.7. The number of nitrogens with one attached hydrogen (secondary N) is 1. The van der Waals surface area contributed by atoms with Crippen LogP contribution in [0.15, 0.2) is 53.4 Å². The Balaban J connectivity index is 2.31. The average Bonchev–Trinajstić information content (AvgIpc) is 2.45. The minimum Gasteiger partial charge on any atom is -0.404 e. The Labute approximate surface area is 138 Å². The number of benzene rings is 2. The van der Waals surface area contributed by atoms with E-state index in [1.54, 1.807) is 0 Å². The van der Waals surface area contributed by atoms with Crippen molar-refractivity contribution in [3.8, 4) is 5.75 Å². The van der Waals surface area contributed by atoms with E-state index in [2.05, 4.69) is 4.74 Å². The van der Waals surface area contributed by atoms with Crippen molar-refractivity contribution in [2.45, 2.75) is 17.4 Å². The molecule has 136 valence electrons. The van der Waals surface area contributed by atoms with Crippen LogP contribution >= 0.6 is 0 Å². The smallest absolute Gasteiger partial charge is 0.404 e. The zero-order chi connectivity index (χ0) is 18.9. The van der Waals surface area contributed by atoms with Crippen molar-refractivity contribution in [3.63, 3.8) is 0 Å². The predicted molar refractivity (Wildman–Crippen MR) is 75.4 cm³/mol. The van der Waals surface area contributed by atoms with Gasteiger partial charge in [0.2, 0.25) is 0 Å². The summed E-state index contributed by atoms with van der Waals surface area (Å²) in [5.74, 6) is -0.964. The van der Waals surface area contributed by atoms with Crippen molar-refractivity contribution in [2.75, 3.05) is 4.72 Å². The minimum atomic E-state index is -5.11. The van der Waals surface area contributed by atoms with Gasteiger partial charge in [-0.15, -0.1) is 13.2 Å². The van der Waals surface area contributed by atoms with E-state index in [-0.39, 0.29) is 5.69 Å².